The molecule has 0 unspecified atom stereocenters. The van der Waals surface area contributed by atoms with Crippen LogP contribution in [0.4, 0.5) is 17.6 Å². The number of halogens is 5. The first-order valence-corrected chi connectivity index (χ1v) is 15.0. The number of alkyl halides is 3. The van der Waals surface area contributed by atoms with Crippen LogP contribution in [0.15, 0.2) is 40.3 Å². The number of carbonyl (C=O) groups is 1. The Balaban J connectivity index is 1.22. The molecule has 6 rings (SSSR count). The summed E-state index contributed by atoms with van der Waals surface area (Å²) in [5, 5.41) is 2.67. The van der Waals surface area contributed by atoms with Crippen molar-refractivity contribution < 1.29 is 22.4 Å². The Hall–Kier alpha value is -3.39. The van der Waals surface area contributed by atoms with E-state index < -0.39 is 40.8 Å². The number of imidazole rings is 1. The van der Waals surface area contributed by atoms with Crippen molar-refractivity contribution in [3.63, 3.8) is 0 Å². The highest BCUT2D eigenvalue weighted by Crippen LogP contribution is 2.33. The SMILES string of the molecule is O=C(NC1CCC(n2c(=O)c3cc(F)cnc3n(C3CCSCC3)c2=O)CC1)c1cn2cc(C(F)(F)F)cc(Cl)c2n1. The molecule has 1 aliphatic heterocycles. The van der Waals surface area contributed by atoms with Crippen molar-refractivity contribution in [2.45, 2.75) is 62.8 Å². The number of nitrogens with one attached hydrogen (secondary N) is 1. The summed E-state index contributed by atoms with van der Waals surface area (Å²) >= 11 is 7.78. The predicted octanol–water partition coefficient (Wildman–Crippen LogP) is 5.00. The average molecular weight is 625 g/mol. The molecule has 15 heteroatoms. The van der Waals surface area contributed by atoms with Crippen LogP contribution in [-0.2, 0) is 6.18 Å². The maximum absolute atomic E-state index is 14.1. The molecule has 1 saturated heterocycles. The van der Waals surface area contributed by atoms with Crippen molar-refractivity contribution in [1.29, 1.82) is 0 Å². The van der Waals surface area contributed by atoms with Crippen LogP contribution in [-0.4, -0.2) is 47.0 Å². The second kappa shape index (κ2) is 11.0. The third-order valence-electron chi connectivity index (χ3n) is 7.94. The molecule has 0 spiro atoms. The molecule has 1 saturated carbocycles. The number of hydrogen-bond acceptors (Lipinski definition) is 6. The Morgan fingerprint density at radius 3 is 2.36 bits per heavy atom. The zero-order valence-corrected chi connectivity index (χ0v) is 23.6. The standard InChI is InChI=1S/C27H25ClF4N6O3S/c28-20-9-14(27(30,31)32)12-36-13-21(35-23(20)36)24(39)34-16-1-3-17(4-2-16)38-25(40)19-10-15(29)11-33-22(19)37(26(38)41)18-5-7-42-8-6-18/h9-13,16-18H,1-8H2,(H,34,39). The van der Waals surface area contributed by atoms with Gasteiger partial charge in [-0.05, 0) is 62.2 Å². The number of carbonyl (C=O) groups excluding carboxylic acids is 1. The third kappa shape index (κ3) is 5.30. The minimum absolute atomic E-state index is 0.0213. The van der Waals surface area contributed by atoms with Gasteiger partial charge in [0.05, 0.1) is 22.2 Å². The smallest absolute Gasteiger partial charge is 0.348 e. The summed E-state index contributed by atoms with van der Waals surface area (Å²) in [4.78, 5) is 48.4. The molecule has 222 valence electrons. The molecular weight excluding hydrogens is 600 g/mol. The van der Waals surface area contributed by atoms with Crippen LogP contribution in [0.3, 0.4) is 0 Å². The topological polar surface area (TPSA) is 103 Å². The number of thioether (sulfide) groups is 1. The van der Waals surface area contributed by atoms with Gasteiger partial charge < -0.3 is 9.72 Å². The maximum atomic E-state index is 14.1. The lowest BCUT2D eigenvalue weighted by atomic mass is 9.90. The molecular formula is C27H25ClF4N6O3S. The average Bonchev–Trinajstić information content (AvgIpc) is 3.40. The van der Waals surface area contributed by atoms with E-state index in [0.29, 0.717) is 25.7 Å². The molecule has 4 aromatic heterocycles. The molecule has 0 bridgehead atoms. The zero-order valence-electron chi connectivity index (χ0n) is 22.0. The van der Waals surface area contributed by atoms with E-state index in [1.165, 1.54) is 10.8 Å². The van der Waals surface area contributed by atoms with Crippen LogP contribution in [0.5, 0.6) is 0 Å². The normalized spacial score (nSPS) is 20.3. The summed E-state index contributed by atoms with van der Waals surface area (Å²) in [6.45, 7) is 0. The van der Waals surface area contributed by atoms with Gasteiger partial charge in [0, 0.05) is 30.5 Å². The highest BCUT2D eigenvalue weighted by Gasteiger charge is 2.33. The molecule has 0 radical (unpaired) electrons. The quantitative estimate of drug-likeness (QED) is 0.321. The summed E-state index contributed by atoms with van der Waals surface area (Å²) in [6.07, 6.45) is 1.56. The van der Waals surface area contributed by atoms with Crippen LogP contribution in [0.2, 0.25) is 5.02 Å². The molecule has 0 atom stereocenters. The molecule has 5 heterocycles. The first-order valence-electron chi connectivity index (χ1n) is 13.5. The highest BCUT2D eigenvalue weighted by molar-refractivity contribution is 7.99. The monoisotopic (exact) mass is 624 g/mol. The Morgan fingerprint density at radius 1 is 0.976 bits per heavy atom. The summed E-state index contributed by atoms with van der Waals surface area (Å²) in [6, 6.07) is 0.970. The van der Waals surface area contributed by atoms with E-state index in [0.717, 1.165) is 53.3 Å². The molecule has 1 N–H and O–H groups in total. The van der Waals surface area contributed by atoms with Crippen LogP contribution in [0.1, 0.15) is 66.7 Å². The van der Waals surface area contributed by atoms with Crippen LogP contribution in [0, 0.1) is 5.82 Å². The van der Waals surface area contributed by atoms with Gasteiger partial charge in [-0.1, -0.05) is 11.6 Å². The molecule has 2 aliphatic rings. The van der Waals surface area contributed by atoms with Gasteiger partial charge in [0.2, 0.25) is 0 Å². The van der Waals surface area contributed by atoms with Gasteiger partial charge in [-0.25, -0.2) is 19.2 Å². The van der Waals surface area contributed by atoms with E-state index in [2.05, 4.69) is 15.3 Å². The van der Waals surface area contributed by atoms with Gasteiger partial charge in [-0.2, -0.15) is 24.9 Å². The number of nitrogens with zero attached hydrogens (tertiary/aromatic N) is 5. The largest absolute Gasteiger partial charge is 0.417 e. The van der Waals surface area contributed by atoms with Gasteiger partial charge in [0.15, 0.2) is 5.65 Å². The summed E-state index contributed by atoms with van der Waals surface area (Å²) in [7, 11) is 0. The highest BCUT2D eigenvalue weighted by atomic mass is 35.5. The van der Waals surface area contributed by atoms with E-state index in [1.54, 1.807) is 16.3 Å². The molecule has 0 aromatic carbocycles. The minimum Gasteiger partial charge on any atom is -0.348 e. The Bertz CT molecular complexity index is 1810. The van der Waals surface area contributed by atoms with Crippen molar-refractivity contribution in [2.75, 3.05) is 11.5 Å². The molecule has 4 aromatic rings. The van der Waals surface area contributed by atoms with Crippen molar-refractivity contribution in [1.82, 2.24) is 28.8 Å². The Morgan fingerprint density at radius 2 is 1.67 bits per heavy atom. The third-order valence-corrected chi connectivity index (χ3v) is 9.27. The van der Waals surface area contributed by atoms with Crippen molar-refractivity contribution in [2.24, 2.45) is 0 Å². The molecule has 1 amide bonds. The van der Waals surface area contributed by atoms with Gasteiger partial charge in [-0.15, -0.1) is 0 Å². The number of pyridine rings is 2. The van der Waals surface area contributed by atoms with Gasteiger partial charge in [-0.3, -0.25) is 18.7 Å². The lowest BCUT2D eigenvalue weighted by Gasteiger charge is -2.31. The van der Waals surface area contributed by atoms with Crippen LogP contribution in [0.25, 0.3) is 16.7 Å². The molecule has 1 aliphatic carbocycles. The summed E-state index contributed by atoms with van der Waals surface area (Å²) in [5.41, 5.74) is -1.89. The number of fused-ring (bicyclic) bond motifs is 2. The molecule has 9 nitrogen and oxygen atoms in total. The fraction of sp³-hybridized carbons (Fsp3) is 0.444. The van der Waals surface area contributed by atoms with Crippen LogP contribution < -0.4 is 16.6 Å². The summed E-state index contributed by atoms with van der Waals surface area (Å²) in [5.74, 6) is 0.496. The first-order chi connectivity index (χ1) is 20.0. The van der Waals surface area contributed by atoms with Gasteiger partial charge in [0.1, 0.15) is 17.2 Å². The lowest BCUT2D eigenvalue weighted by molar-refractivity contribution is -0.137. The summed E-state index contributed by atoms with van der Waals surface area (Å²) < 4.78 is 57.4. The minimum atomic E-state index is -4.61. The molecule has 2 fully saturated rings. The van der Waals surface area contributed by atoms with Crippen molar-refractivity contribution in [3.8, 4) is 0 Å². The van der Waals surface area contributed by atoms with Gasteiger partial charge in [0.25, 0.3) is 11.5 Å². The van der Waals surface area contributed by atoms with E-state index in [1.807, 2.05) is 0 Å². The number of aromatic nitrogens is 5. The predicted molar refractivity (Wildman–Crippen MR) is 150 cm³/mol. The molecule has 42 heavy (non-hydrogen) atoms. The Kier molecular flexibility index (Phi) is 7.54. The van der Waals surface area contributed by atoms with E-state index in [9.17, 15) is 31.9 Å². The van der Waals surface area contributed by atoms with Crippen molar-refractivity contribution >= 4 is 46.0 Å². The number of hydrogen-bond donors (Lipinski definition) is 1. The zero-order chi connectivity index (χ0) is 29.8. The maximum Gasteiger partial charge on any atom is 0.417 e. The number of amides is 1. The first kappa shape index (κ1) is 28.7. The second-order valence-electron chi connectivity index (χ2n) is 10.6. The van der Waals surface area contributed by atoms with E-state index >= 15 is 0 Å². The lowest BCUT2D eigenvalue weighted by Crippen LogP contribution is -2.46. The van der Waals surface area contributed by atoms with E-state index in [-0.39, 0.29) is 39.5 Å². The van der Waals surface area contributed by atoms with Gasteiger partial charge >= 0.3 is 11.9 Å². The fourth-order valence-corrected chi connectivity index (χ4v) is 7.20. The fourth-order valence-electron chi connectivity index (χ4n) is 5.86. The van der Waals surface area contributed by atoms with Crippen molar-refractivity contribution in [3.05, 3.63) is 73.7 Å². The Labute approximate surface area is 244 Å². The van der Waals surface area contributed by atoms with E-state index in [4.69, 9.17) is 11.6 Å². The number of rotatable bonds is 4. The second-order valence-corrected chi connectivity index (χ2v) is 12.2. The van der Waals surface area contributed by atoms with Crippen LogP contribution >= 0.6 is 23.4 Å².